The first kappa shape index (κ1) is 13.1. The first-order valence-electron chi connectivity index (χ1n) is 6.69. The van der Waals surface area contributed by atoms with Gasteiger partial charge in [-0.2, -0.15) is 0 Å². The Morgan fingerprint density at radius 2 is 2.39 bits per heavy atom. The molecule has 0 aromatic carbocycles. The lowest BCUT2D eigenvalue weighted by Crippen LogP contribution is -2.42. The van der Waals surface area contributed by atoms with Gasteiger partial charge in [-0.1, -0.05) is 0 Å². The van der Waals surface area contributed by atoms with E-state index in [4.69, 9.17) is 0 Å². The predicted molar refractivity (Wildman–Crippen MR) is 72.9 cm³/mol. The fraction of sp³-hybridized carbons (Fsp3) is 0.692. The van der Waals surface area contributed by atoms with Gasteiger partial charge in [0.1, 0.15) is 5.82 Å². The lowest BCUT2D eigenvalue weighted by molar-refractivity contribution is 0.370. The number of aromatic amines is 1. The molecule has 1 saturated heterocycles. The summed E-state index contributed by atoms with van der Waals surface area (Å²) < 4.78 is 0. The summed E-state index contributed by atoms with van der Waals surface area (Å²) in [6, 6.07) is 1.93. The highest BCUT2D eigenvalue weighted by molar-refractivity contribution is 5.37. The van der Waals surface area contributed by atoms with Crippen molar-refractivity contribution in [3.8, 4) is 0 Å². The van der Waals surface area contributed by atoms with E-state index in [9.17, 15) is 4.79 Å². The first-order valence-corrected chi connectivity index (χ1v) is 6.69. The van der Waals surface area contributed by atoms with Crippen molar-refractivity contribution in [2.24, 2.45) is 5.92 Å². The molecule has 0 aliphatic carbocycles. The highest BCUT2D eigenvalue weighted by atomic mass is 16.1. The zero-order valence-electron chi connectivity index (χ0n) is 11.1. The monoisotopic (exact) mass is 250 g/mol. The molecule has 1 unspecified atom stereocenters. The molecule has 1 aromatic rings. The lowest BCUT2D eigenvalue weighted by atomic mass is 9.98. The van der Waals surface area contributed by atoms with Crippen LogP contribution in [0.3, 0.4) is 0 Å². The summed E-state index contributed by atoms with van der Waals surface area (Å²) in [7, 11) is 0. The molecule has 0 bridgehead atoms. The second-order valence-electron chi connectivity index (χ2n) is 5.23. The predicted octanol–water partition coefficient (Wildman–Crippen LogP) is 0.984. The van der Waals surface area contributed by atoms with Gasteiger partial charge in [0.25, 0.3) is 5.56 Å². The molecule has 18 heavy (non-hydrogen) atoms. The molecule has 1 aliphatic heterocycles. The molecule has 2 heterocycles. The summed E-state index contributed by atoms with van der Waals surface area (Å²) >= 11 is 0. The molecule has 0 radical (unpaired) electrons. The van der Waals surface area contributed by atoms with Crippen LogP contribution in [-0.4, -0.2) is 35.6 Å². The van der Waals surface area contributed by atoms with Gasteiger partial charge >= 0.3 is 0 Å². The van der Waals surface area contributed by atoms with E-state index in [0.29, 0.717) is 12.0 Å². The Kier molecular flexibility index (Phi) is 4.36. The highest BCUT2D eigenvalue weighted by Crippen LogP contribution is 2.17. The maximum atomic E-state index is 11.4. The van der Waals surface area contributed by atoms with Crippen molar-refractivity contribution in [1.29, 1.82) is 0 Å². The van der Waals surface area contributed by atoms with Crippen LogP contribution in [0.4, 0.5) is 5.82 Å². The maximum Gasteiger partial charge on any atom is 0.252 e. The summed E-state index contributed by atoms with van der Waals surface area (Å²) in [5.41, 5.74) is -0.0904. The molecular formula is C13H22N4O. The third-order valence-electron chi connectivity index (χ3n) is 3.44. The molecule has 0 spiro atoms. The van der Waals surface area contributed by atoms with Crippen LogP contribution < -0.4 is 15.8 Å². The number of aromatic nitrogens is 2. The molecule has 1 fully saturated rings. The molecule has 100 valence electrons. The van der Waals surface area contributed by atoms with E-state index in [1.807, 2.05) is 0 Å². The quantitative estimate of drug-likeness (QED) is 0.836. The Hall–Kier alpha value is -1.36. The molecule has 2 rings (SSSR count). The summed E-state index contributed by atoms with van der Waals surface area (Å²) in [6.07, 6.45) is 3.96. The van der Waals surface area contributed by atoms with Crippen molar-refractivity contribution >= 4 is 5.82 Å². The number of anilines is 1. The van der Waals surface area contributed by atoms with Crippen molar-refractivity contribution in [2.75, 3.05) is 24.5 Å². The minimum Gasteiger partial charge on any atom is -0.354 e. The van der Waals surface area contributed by atoms with Crippen LogP contribution >= 0.6 is 0 Å². The molecule has 1 atom stereocenters. The third kappa shape index (κ3) is 3.32. The maximum absolute atomic E-state index is 11.4. The van der Waals surface area contributed by atoms with Crippen LogP contribution in [0.2, 0.25) is 0 Å². The third-order valence-corrected chi connectivity index (χ3v) is 3.44. The SMILES string of the molecule is CC(C)N(CC1CCCNC1)c1cc(=O)[nH]cn1. The minimum absolute atomic E-state index is 0.0904. The minimum atomic E-state index is -0.0904. The van der Waals surface area contributed by atoms with E-state index in [-0.39, 0.29) is 5.56 Å². The topological polar surface area (TPSA) is 61.0 Å². The Labute approximate surface area is 108 Å². The normalized spacial score (nSPS) is 20.1. The van der Waals surface area contributed by atoms with Crippen molar-refractivity contribution in [2.45, 2.75) is 32.7 Å². The smallest absolute Gasteiger partial charge is 0.252 e. The fourth-order valence-electron chi connectivity index (χ4n) is 2.44. The van der Waals surface area contributed by atoms with E-state index >= 15 is 0 Å². The van der Waals surface area contributed by atoms with Crippen LogP contribution in [-0.2, 0) is 0 Å². The Balaban J connectivity index is 2.10. The zero-order valence-corrected chi connectivity index (χ0v) is 11.1. The van der Waals surface area contributed by atoms with Crippen molar-refractivity contribution in [3.63, 3.8) is 0 Å². The molecule has 0 amide bonds. The van der Waals surface area contributed by atoms with Gasteiger partial charge in [-0.05, 0) is 45.7 Å². The summed E-state index contributed by atoms with van der Waals surface area (Å²) in [6.45, 7) is 7.42. The molecule has 5 heteroatoms. The van der Waals surface area contributed by atoms with E-state index < -0.39 is 0 Å². The largest absolute Gasteiger partial charge is 0.354 e. The van der Waals surface area contributed by atoms with E-state index in [2.05, 4.69) is 34.0 Å². The van der Waals surface area contributed by atoms with Crippen LogP contribution in [0.1, 0.15) is 26.7 Å². The van der Waals surface area contributed by atoms with Crippen LogP contribution in [0.5, 0.6) is 0 Å². The van der Waals surface area contributed by atoms with E-state index in [0.717, 1.165) is 25.5 Å². The summed E-state index contributed by atoms with van der Waals surface area (Å²) in [4.78, 5) is 20.4. The van der Waals surface area contributed by atoms with Gasteiger partial charge in [0.2, 0.25) is 0 Å². The second kappa shape index (κ2) is 6.00. The number of hydrogen-bond acceptors (Lipinski definition) is 4. The molecule has 1 aliphatic rings. The van der Waals surface area contributed by atoms with Gasteiger partial charge in [-0.3, -0.25) is 4.79 Å². The van der Waals surface area contributed by atoms with Gasteiger partial charge < -0.3 is 15.2 Å². The Morgan fingerprint density at radius 3 is 3.00 bits per heavy atom. The van der Waals surface area contributed by atoms with E-state index in [1.54, 1.807) is 6.07 Å². The average molecular weight is 250 g/mol. The number of H-pyrrole nitrogens is 1. The Bertz CT molecular complexity index is 423. The van der Waals surface area contributed by atoms with Crippen LogP contribution in [0, 0.1) is 5.92 Å². The van der Waals surface area contributed by atoms with Crippen molar-refractivity contribution in [1.82, 2.24) is 15.3 Å². The number of nitrogens with zero attached hydrogens (tertiary/aromatic N) is 2. The first-order chi connectivity index (χ1) is 8.66. The van der Waals surface area contributed by atoms with Gasteiger partial charge in [0.05, 0.1) is 6.33 Å². The molecule has 0 saturated carbocycles. The van der Waals surface area contributed by atoms with Crippen molar-refractivity contribution < 1.29 is 0 Å². The number of nitrogens with one attached hydrogen (secondary N) is 2. The molecular weight excluding hydrogens is 228 g/mol. The van der Waals surface area contributed by atoms with Crippen LogP contribution in [0.15, 0.2) is 17.2 Å². The number of piperidine rings is 1. The molecule has 1 aromatic heterocycles. The van der Waals surface area contributed by atoms with Gasteiger partial charge in [0.15, 0.2) is 0 Å². The van der Waals surface area contributed by atoms with Gasteiger partial charge in [-0.15, -0.1) is 0 Å². The van der Waals surface area contributed by atoms with Crippen LogP contribution in [0.25, 0.3) is 0 Å². The second-order valence-corrected chi connectivity index (χ2v) is 5.23. The fourth-order valence-corrected chi connectivity index (χ4v) is 2.44. The Morgan fingerprint density at radius 1 is 1.56 bits per heavy atom. The summed E-state index contributed by atoms with van der Waals surface area (Å²) in [5, 5.41) is 3.43. The number of rotatable bonds is 4. The van der Waals surface area contributed by atoms with Crippen molar-refractivity contribution in [3.05, 3.63) is 22.7 Å². The van der Waals surface area contributed by atoms with Gasteiger partial charge in [-0.25, -0.2) is 4.98 Å². The standard InChI is InChI=1S/C13H22N4O/c1-10(2)17(8-11-4-3-5-14-7-11)12-6-13(18)16-9-15-12/h6,9-11,14H,3-5,7-8H2,1-2H3,(H,15,16,18). The molecule has 2 N–H and O–H groups in total. The summed E-state index contributed by atoms with van der Waals surface area (Å²) in [5.74, 6) is 1.42. The van der Waals surface area contributed by atoms with E-state index in [1.165, 1.54) is 19.2 Å². The average Bonchev–Trinajstić information content (AvgIpc) is 2.37. The zero-order chi connectivity index (χ0) is 13.0. The number of hydrogen-bond donors (Lipinski definition) is 2. The lowest BCUT2D eigenvalue weighted by Gasteiger charge is -2.33. The van der Waals surface area contributed by atoms with Gasteiger partial charge in [0, 0.05) is 18.7 Å². The highest BCUT2D eigenvalue weighted by Gasteiger charge is 2.20. The molecule has 5 nitrogen and oxygen atoms in total.